The van der Waals surface area contributed by atoms with Gasteiger partial charge < -0.3 is 19.8 Å². The number of hydrogen-bond donors (Lipinski definition) is 2. The summed E-state index contributed by atoms with van der Waals surface area (Å²) in [6, 6.07) is 3.10. The van der Waals surface area contributed by atoms with Gasteiger partial charge in [0.25, 0.3) is 0 Å². The summed E-state index contributed by atoms with van der Waals surface area (Å²) in [5.74, 6) is -0.326. The standard InChI is InChI=1S/C16H24FNO3/c1-11-8-15(13(12(2)19)9-14(11)17)18(3)10-16(20)4-6-21-7-5-16/h8-9,12,19-20H,4-7,10H2,1-3H3/t12-/m1/s1. The number of aliphatic hydroxyl groups is 2. The minimum Gasteiger partial charge on any atom is -0.389 e. The molecule has 118 valence electrons. The first-order valence-corrected chi connectivity index (χ1v) is 7.32. The van der Waals surface area contributed by atoms with E-state index in [1.54, 1.807) is 19.9 Å². The molecule has 1 saturated heterocycles. The van der Waals surface area contributed by atoms with E-state index in [2.05, 4.69) is 0 Å². The maximum Gasteiger partial charge on any atom is 0.126 e. The fraction of sp³-hybridized carbons (Fsp3) is 0.625. The normalized spacial score (nSPS) is 19.3. The minimum absolute atomic E-state index is 0.326. The summed E-state index contributed by atoms with van der Waals surface area (Å²) in [6.45, 7) is 4.85. The number of ether oxygens (including phenoxy) is 1. The van der Waals surface area contributed by atoms with E-state index in [1.807, 2.05) is 11.9 Å². The van der Waals surface area contributed by atoms with Crippen LogP contribution in [-0.2, 0) is 4.74 Å². The molecule has 0 aromatic heterocycles. The molecule has 0 bridgehead atoms. The molecule has 0 radical (unpaired) electrons. The lowest BCUT2D eigenvalue weighted by molar-refractivity contribution is -0.0573. The molecule has 0 spiro atoms. The molecule has 0 aliphatic carbocycles. The van der Waals surface area contributed by atoms with Gasteiger partial charge in [0, 0.05) is 50.9 Å². The van der Waals surface area contributed by atoms with Gasteiger partial charge in [-0.2, -0.15) is 0 Å². The Morgan fingerprint density at radius 2 is 2.00 bits per heavy atom. The average Bonchev–Trinajstić information content (AvgIpc) is 2.41. The Hall–Kier alpha value is -1.17. The van der Waals surface area contributed by atoms with E-state index in [0.29, 0.717) is 43.7 Å². The molecular formula is C16H24FNO3. The Balaban J connectivity index is 2.25. The Kier molecular flexibility index (Phi) is 4.86. The van der Waals surface area contributed by atoms with Gasteiger partial charge in [-0.1, -0.05) is 0 Å². The molecule has 2 rings (SSSR count). The third-order valence-electron chi connectivity index (χ3n) is 4.12. The zero-order valence-electron chi connectivity index (χ0n) is 12.9. The Morgan fingerprint density at radius 1 is 1.38 bits per heavy atom. The van der Waals surface area contributed by atoms with Crippen LogP contribution >= 0.6 is 0 Å². The third kappa shape index (κ3) is 3.73. The fourth-order valence-electron chi connectivity index (χ4n) is 2.78. The zero-order valence-corrected chi connectivity index (χ0v) is 12.9. The summed E-state index contributed by atoms with van der Waals surface area (Å²) in [5.41, 5.74) is 1.02. The van der Waals surface area contributed by atoms with E-state index in [0.717, 1.165) is 5.69 Å². The molecule has 1 fully saturated rings. The number of hydrogen-bond acceptors (Lipinski definition) is 4. The van der Waals surface area contributed by atoms with Gasteiger partial charge in [0.1, 0.15) is 5.82 Å². The quantitative estimate of drug-likeness (QED) is 0.894. The van der Waals surface area contributed by atoms with E-state index < -0.39 is 11.7 Å². The molecule has 1 aromatic carbocycles. The summed E-state index contributed by atoms with van der Waals surface area (Å²) in [4.78, 5) is 1.89. The van der Waals surface area contributed by atoms with Crippen LogP contribution in [0.2, 0.25) is 0 Å². The molecule has 1 aliphatic rings. The van der Waals surface area contributed by atoms with E-state index in [-0.39, 0.29) is 5.82 Å². The van der Waals surface area contributed by atoms with E-state index in [4.69, 9.17) is 4.74 Å². The van der Waals surface area contributed by atoms with Crippen LogP contribution in [0.5, 0.6) is 0 Å². The van der Waals surface area contributed by atoms with Crippen LogP contribution in [0.1, 0.15) is 37.0 Å². The Bertz CT molecular complexity index is 499. The molecule has 4 nitrogen and oxygen atoms in total. The molecule has 5 heteroatoms. The number of anilines is 1. The number of nitrogens with zero attached hydrogens (tertiary/aromatic N) is 1. The van der Waals surface area contributed by atoms with Crippen LogP contribution < -0.4 is 4.90 Å². The predicted molar refractivity (Wildman–Crippen MR) is 80.0 cm³/mol. The highest BCUT2D eigenvalue weighted by Crippen LogP contribution is 2.31. The zero-order chi connectivity index (χ0) is 15.6. The van der Waals surface area contributed by atoms with Crippen molar-refractivity contribution in [3.63, 3.8) is 0 Å². The van der Waals surface area contributed by atoms with Crippen LogP contribution in [0.3, 0.4) is 0 Å². The van der Waals surface area contributed by atoms with Crippen molar-refractivity contribution < 1.29 is 19.3 Å². The predicted octanol–water partition coefficient (Wildman–Crippen LogP) is 2.17. The second-order valence-electron chi connectivity index (χ2n) is 6.03. The summed E-state index contributed by atoms with van der Waals surface area (Å²) in [6.07, 6.45) is 0.408. The maximum absolute atomic E-state index is 13.7. The Morgan fingerprint density at radius 3 is 2.57 bits per heavy atom. The number of likely N-dealkylation sites (N-methyl/N-ethyl adjacent to an activating group) is 1. The molecule has 2 N–H and O–H groups in total. The highest BCUT2D eigenvalue weighted by molar-refractivity contribution is 5.56. The summed E-state index contributed by atoms with van der Waals surface area (Å²) in [5, 5.41) is 20.5. The van der Waals surface area contributed by atoms with Crippen molar-refractivity contribution in [3.05, 3.63) is 29.1 Å². The molecule has 0 saturated carbocycles. The molecule has 1 aliphatic heterocycles. The first-order valence-electron chi connectivity index (χ1n) is 7.32. The molecular weight excluding hydrogens is 273 g/mol. The topological polar surface area (TPSA) is 52.9 Å². The summed E-state index contributed by atoms with van der Waals surface area (Å²) < 4.78 is 19.0. The van der Waals surface area contributed by atoms with Gasteiger partial charge >= 0.3 is 0 Å². The van der Waals surface area contributed by atoms with Crippen molar-refractivity contribution in [1.82, 2.24) is 0 Å². The van der Waals surface area contributed by atoms with E-state index >= 15 is 0 Å². The first-order chi connectivity index (χ1) is 9.82. The largest absolute Gasteiger partial charge is 0.389 e. The van der Waals surface area contributed by atoms with E-state index in [9.17, 15) is 14.6 Å². The van der Waals surface area contributed by atoms with Crippen molar-refractivity contribution in [1.29, 1.82) is 0 Å². The van der Waals surface area contributed by atoms with Gasteiger partial charge in [-0.25, -0.2) is 4.39 Å². The lowest BCUT2D eigenvalue weighted by atomic mass is 9.93. The molecule has 1 aromatic rings. The highest BCUT2D eigenvalue weighted by Gasteiger charge is 2.32. The fourth-order valence-corrected chi connectivity index (χ4v) is 2.78. The SMILES string of the molecule is Cc1cc(N(C)CC2(O)CCOCC2)c([C@@H](C)O)cc1F. The van der Waals surface area contributed by atoms with Crippen LogP contribution in [0.25, 0.3) is 0 Å². The summed E-state index contributed by atoms with van der Waals surface area (Å²) in [7, 11) is 1.85. The average molecular weight is 297 g/mol. The van der Waals surface area contributed by atoms with Gasteiger partial charge in [-0.15, -0.1) is 0 Å². The van der Waals surface area contributed by atoms with Gasteiger partial charge in [0.2, 0.25) is 0 Å². The van der Waals surface area contributed by atoms with Gasteiger partial charge in [0.15, 0.2) is 0 Å². The highest BCUT2D eigenvalue weighted by atomic mass is 19.1. The third-order valence-corrected chi connectivity index (χ3v) is 4.12. The van der Waals surface area contributed by atoms with Crippen molar-refractivity contribution in [2.24, 2.45) is 0 Å². The molecule has 1 heterocycles. The number of rotatable bonds is 4. The number of halogens is 1. The van der Waals surface area contributed by atoms with Gasteiger partial charge in [0.05, 0.1) is 11.7 Å². The molecule has 0 unspecified atom stereocenters. The number of aliphatic hydroxyl groups excluding tert-OH is 1. The van der Waals surface area contributed by atoms with Crippen LogP contribution in [0, 0.1) is 12.7 Å². The second kappa shape index (κ2) is 6.30. The second-order valence-corrected chi connectivity index (χ2v) is 6.03. The van der Waals surface area contributed by atoms with E-state index in [1.165, 1.54) is 6.07 Å². The van der Waals surface area contributed by atoms with Crippen molar-refractivity contribution in [2.45, 2.75) is 38.4 Å². The molecule has 1 atom stereocenters. The first kappa shape index (κ1) is 16.2. The van der Waals surface area contributed by atoms with Crippen LogP contribution in [0.4, 0.5) is 10.1 Å². The maximum atomic E-state index is 13.7. The number of benzene rings is 1. The smallest absolute Gasteiger partial charge is 0.126 e. The minimum atomic E-state index is -0.800. The van der Waals surface area contributed by atoms with Gasteiger partial charge in [-0.3, -0.25) is 0 Å². The Labute approximate surface area is 125 Å². The lowest BCUT2D eigenvalue weighted by Crippen LogP contribution is -2.46. The molecule has 0 amide bonds. The van der Waals surface area contributed by atoms with Crippen molar-refractivity contribution >= 4 is 5.69 Å². The lowest BCUT2D eigenvalue weighted by Gasteiger charge is -2.37. The molecule has 21 heavy (non-hydrogen) atoms. The van der Waals surface area contributed by atoms with Crippen LogP contribution in [-0.4, -0.2) is 42.6 Å². The van der Waals surface area contributed by atoms with Gasteiger partial charge in [-0.05, 0) is 31.5 Å². The monoisotopic (exact) mass is 297 g/mol. The summed E-state index contributed by atoms with van der Waals surface area (Å²) >= 11 is 0. The number of aryl methyl sites for hydroxylation is 1. The van der Waals surface area contributed by atoms with Crippen molar-refractivity contribution in [2.75, 3.05) is 31.7 Å². The van der Waals surface area contributed by atoms with Crippen molar-refractivity contribution in [3.8, 4) is 0 Å². The van der Waals surface area contributed by atoms with Crippen LogP contribution in [0.15, 0.2) is 12.1 Å².